The van der Waals surface area contributed by atoms with Gasteiger partial charge in [0.1, 0.15) is 69.0 Å². The predicted octanol–water partition coefficient (Wildman–Crippen LogP) is 7.05. The molecular weight excluding hydrogens is 1540 g/mol. The number of hydrazine groups is 2. The Balaban J connectivity index is 0.000000255. The molecule has 6 aromatic carbocycles. The molecule has 0 aliphatic rings. The van der Waals surface area contributed by atoms with Crippen LogP contribution in [0.1, 0.15) is 110 Å². The van der Waals surface area contributed by atoms with Gasteiger partial charge in [0.25, 0.3) is 28.6 Å². The fourth-order valence-electron chi connectivity index (χ4n) is 11.0. The quantitative estimate of drug-likeness (QED) is 0.0111. The van der Waals surface area contributed by atoms with Crippen molar-refractivity contribution in [2.45, 2.75) is 122 Å². The number of carbonyl (C=O) groups is 3. The van der Waals surface area contributed by atoms with Crippen LogP contribution in [0.2, 0.25) is 0 Å². The van der Waals surface area contributed by atoms with Crippen molar-refractivity contribution in [2.75, 3.05) is 49.8 Å². The lowest BCUT2D eigenvalue weighted by molar-refractivity contribution is -0.134. The molecule has 0 saturated carbocycles. The van der Waals surface area contributed by atoms with Gasteiger partial charge in [-0.05, 0) is 128 Å². The van der Waals surface area contributed by atoms with E-state index >= 15 is 0 Å². The number of aliphatic carboxylic acids is 1. The Morgan fingerprint density at radius 3 is 0.973 bits per heavy atom. The summed E-state index contributed by atoms with van der Waals surface area (Å²) < 4.78 is 127. The molecule has 0 unspecified atom stereocenters. The van der Waals surface area contributed by atoms with Crippen LogP contribution >= 0.6 is 0 Å². The van der Waals surface area contributed by atoms with Crippen LogP contribution in [0.15, 0.2) is 176 Å². The summed E-state index contributed by atoms with van der Waals surface area (Å²) in [5, 5.41) is 47.1. The molecule has 36 nitrogen and oxygen atoms in total. The summed E-state index contributed by atoms with van der Waals surface area (Å²) in [6.07, 6.45) is 5.09. The Labute approximate surface area is 648 Å². The van der Waals surface area contributed by atoms with E-state index < -0.39 is 96.4 Å². The molecule has 0 spiro atoms. The van der Waals surface area contributed by atoms with Gasteiger partial charge in [-0.15, -0.1) is 10.2 Å². The van der Waals surface area contributed by atoms with E-state index in [9.17, 15) is 64.5 Å². The van der Waals surface area contributed by atoms with E-state index in [-0.39, 0.29) is 114 Å². The zero-order chi connectivity index (χ0) is 83.8. The third kappa shape index (κ3) is 20.2. The van der Waals surface area contributed by atoms with Crippen molar-refractivity contribution >= 4 is 47.4 Å². The minimum absolute atomic E-state index is 0.111. The number of benzene rings is 6. The number of nitrogen functional groups attached to an aromatic ring is 1. The second kappa shape index (κ2) is 40.4. The number of sulfone groups is 3. The highest BCUT2D eigenvalue weighted by Gasteiger charge is 2.36. The predicted molar refractivity (Wildman–Crippen MR) is 408 cm³/mol. The van der Waals surface area contributed by atoms with Crippen molar-refractivity contribution in [2.24, 2.45) is 17.5 Å². The lowest BCUT2D eigenvalue weighted by Crippen LogP contribution is -2.30. The van der Waals surface area contributed by atoms with Crippen LogP contribution in [0.3, 0.4) is 0 Å². The van der Waals surface area contributed by atoms with Crippen molar-refractivity contribution < 1.29 is 97.6 Å². The topological polar surface area (TPSA) is 533 Å². The number of nitrogens with two attached hydrogens (primary N) is 3. The first-order chi connectivity index (χ1) is 53.9. The molecule has 0 fully saturated rings. The van der Waals surface area contributed by atoms with E-state index in [0.29, 0.717) is 37.1 Å². The number of carbonyl (C=O) groups excluding carboxylic acids is 2. The zero-order valence-electron chi connectivity index (χ0n) is 63.5. The number of unbranched alkanes of at least 4 members (excludes halogenated alkanes) is 3. The monoisotopic (exact) mass is 1620 g/mol. The maximum Gasteiger partial charge on any atom is 0.337 e. The molecule has 11 N–H and O–H groups in total. The molecule has 0 atom stereocenters. The first-order valence-corrected chi connectivity index (χ1v) is 38.5. The summed E-state index contributed by atoms with van der Waals surface area (Å²) in [6.45, 7) is 8.57. The van der Waals surface area contributed by atoms with E-state index in [1.807, 2.05) is 26.2 Å². The summed E-state index contributed by atoms with van der Waals surface area (Å²) in [5.41, 5.74) is 0.185. The fourth-order valence-corrected chi connectivity index (χ4v) is 15.0. The molecule has 113 heavy (non-hydrogen) atoms. The zero-order valence-corrected chi connectivity index (χ0v) is 65.9. The van der Waals surface area contributed by atoms with Crippen LogP contribution in [-0.2, 0) is 58.3 Å². The number of aromatic hydroxyl groups is 3. The molecule has 0 bridgehead atoms. The second-order valence-electron chi connectivity index (χ2n) is 23.5. The molecule has 0 aliphatic carbocycles. The molecule has 0 saturated heterocycles. The van der Waals surface area contributed by atoms with Crippen molar-refractivity contribution in [3.8, 4) is 80.7 Å². The first-order valence-electron chi connectivity index (χ1n) is 34.0. The molecule has 604 valence electrons. The number of carboxylic acids is 1. The number of carboxylic acid groups (broad SMARTS) is 1. The van der Waals surface area contributed by atoms with Crippen molar-refractivity contribution in [1.82, 2.24) is 44.3 Å². The number of para-hydroxylation sites is 3. The number of nitrogens with one attached hydrogen (secondary N) is 1. The van der Waals surface area contributed by atoms with Crippen molar-refractivity contribution in [1.29, 1.82) is 0 Å². The van der Waals surface area contributed by atoms with Gasteiger partial charge in [0.05, 0.1) is 70.0 Å². The number of nitrogens with zero attached hydrogens (tertiary/aromatic N) is 8. The Kier molecular flexibility index (Phi) is 31.9. The lowest BCUT2D eigenvalue weighted by Gasteiger charge is -2.19. The summed E-state index contributed by atoms with van der Waals surface area (Å²) in [6, 6.07) is 29.7. The molecule has 10 rings (SSSR count). The van der Waals surface area contributed by atoms with Gasteiger partial charge in [0, 0.05) is 44.2 Å². The number of aryl methyl sites for hydroxylation is 4. The second-order valence-corrected chi connectivity index (χ2v) is 29.2. The number of aromatic nitrogens is 8. The molecule has 4 aromatic heterocycles. The number of rotatable bonds is 27. The Morgan fingerprint density at radius 2 is 0.735 bits per heavy atom. The maximum atomic E-state index is 13.9. The lowest BCUT2D eigenvalue weighted by atomic mass is 10.2. The molecule has 1 amide bonds. The van der Waals surface area contributed by atoms with Crippen LogP contribution in [0.5, 0.6) is 52.1 Å². The molecule has 4 heterocycles. The first kappa shape index (κ1) is 89.3. The van der Waals surface area contributed by atoms with Gasteiger partial charge in [0.2, 0.25) is 58.9 Å². The average Bonchev–Trinajstić information content (AvgIpc) is 0.828. The third-order valence-electron chi connectivity index (χ3n) is 16.3. The van der Waals surface area contributed by atoms with E-state index in [4.69, 9.17) is 48.6 Å². The summed E-state index contributed by atoms with van der Waals surface area (Å²) >= 11 is 0. The van der Waals surface area contributed by atoms with E-state index in [1.165, 1.54) is 98.3 Å². The normalized spacial score (nSPS) is 11.0. The van der Waals surface area contributed by atoms with Crippen molar-refractivity contribution in [3.63, 3.8) is 0 Å². The number of hydrogen-bond donors (Lipinski definition) is 8. The van der Waals surface area contributed by atoms with Crippen molar-refractivity contribution in [3.05, 3.63) is 193 Å². The minimum Gasteiger partial charge on any atom is -0.494 e. The van der Waals surface area contributed by atoms with Gasteiger partial charge >= 0.3 is 5.97 Å². The van der Waals surface area contributed by atoms with Gasteiger partial charge in [-0.1, -0.05) is 58.2 Å². The number of amides is 1. The van der Waals surface area contributed by atoms with Gasteiger partial charge in [-0.25, -0.2) is 35.9 Å². The summed E-state index contributed by atoms with van der Waals surface area (Å²) in [4.78, 5) is 82.6. The Morgan fingerprint density at radius 1 is 0.460 bits per heavy atom. The molecule has 10 aromatic rings. The van der Waals surface area contributed by atoms with Gasteiger partial charge in [0.15, 0.2) is 14.7 Å². The highest BCUT2D eigenvalue weighted by atomic mass is 32.2. The standard InChI is InChI=1S/C25H26N4O7S.C24H26N2O8S.C23H26N4O7S.C2H4O2.H4N2/c1-5-6-10-20-26-23(30)22(25(31)29(20)21-18(34-3)8-7-9-19(21)35-4)37(32,33)17-13-11-16(12-14-17)24-28-27-15(2)36-24;1-5-6-10-19-25-22(27)21(35(30,31)16-13-11-15(12-14-16)24(29)34-4)23(28)26(19)20-17(32-2)8-7-9-18(20)33-3;1-4-5-9-18-25-22(29)20(35(31,32)15-12-10-14(11-13-15)21(28)26-24)23(30)27(18)19-16(33-2)7-6-8-17(19)34-3;1-2(3)4;1-2/h7-9,11-14,30H,5-6,10H2,1-4H3;7-9,11-14,27H,5-6,10H2,1-4H3;6-8,10-13,29H,4-5,9,24H2,1-3H3,(H,26,28);1H3,(H,3,4);1-2H2. The van der Waals surface area contributed by atoms with Crippen LogP contribution in [0.25, 0.3) is 28.5 Å². The number of ether oxygens (including phenoxy) is 7. The molecular formula is C74H86N12O24S3. The van der Waals surface area contributed by atoms with Crippen LogP contribution in [-0.4, -0.2) is 152 Å². The number of methoxy groups -OCH3 is 7. The smallest absolute Gasteiger partial charge is 0.337 e. The number of hydrogen-bond acceptors (Lipinski definition) is 31. The molecule has 39 heteroatoms. The largest absolute Gasteiger partial charge is 0.494 e. The molecule has 0 aliphatic heterocycles. The van der Waals surface area contributed by atoms with Crippen LogP contribution in [0.4, 0.5) is 0 Å². The third-order valence-corrected chi connectivity index (χ3v) is 21.7. The summed E-state index contributed by atoms with van der Waals surface area (Å²) in [5.74, 6) is 10.9. The highest BCUT2D eigenvalue weighted by molar-refractivity contribution is 7.92. The number of esters is 1. The van der Waals surface area contributed by atoms with Crippen LogP contribution in [0, 0.1) is 6.92 Å². The maximum absolute atomic E-state index is 13.9. The van der Waals surface area contributed by atoms with Gasteiger partial charge in [-0.3, -0.25) is 54.8 Å². The van der Waals surface area contributed by atoms with Gasteiger partial charge < -0.3 is 58.0 Å². The van der Waals surface area contributed by atoms with E-state index in [0.717, 1.165) is 64.2 Å². The van der Waals surface area contributed by atoms with E-state index in [2.05, 4.69) is 41.6 Å². The molecule has 0 radical (unpaired) electrons. The fraction of sp³-hybridized carbons (Fsp3) is 0.284. The summed E-state index contributed by atoms with van der Waals surface area (Å²) in [7, 11) is -3.91. The Bertz CT molecular complexity index is 5300. The van der Waals surface area contributed by atoms with E-state index in [1.54, 1.807) is 61.5 Å². The van der Waals surface area contributed by atoms with Crippen LogP contribution < -0.4 is 68.1 Å². The van der Waals surface area contributed by atoms with Gasteiger partial charge in [-0.2, -0.15) is 15.0 Å². The Hall–Kier alpha value is -12.6. The SMILES string of the molecule is CC(=O)O.CCCCc1nc(O)c(S(=O)(=O)c2ccc(-c3nnc(C)o3)cc2)c(=O)n1-c1c(OC)cccc1OC.CCCCc1nc(O)c(S(=O)(=O)c2ccc(C(=O)NN)cc2)c(=O)n1-c1c(OC)cccc1OC.CCCCc1nc(O)c(S(=O)(=O)c2ccc(C(=O)OC)cc2)c(=O)n1-c1c(OC)cccc1OC.NN. The highest BCUT2D eigenvalue weighted by Crippen LogP contribution is 2.39. The average molecular weight is 1620 g/mol. The minimum atomic E-state index is -4.55.